The summed E-state index contributed by atoms with van der Waals surface area (Å²) in [5, 5.41) is 4.42. The number of halogens is 1. The second-order valence-electron chi connectivity index (χ2n) is 10.3. The third-order valence-electron chi connectivity index (χ3n) is 6.66. The smallest absolute Gasteiger partial charge is 0.220 e. The Morgan fingerprint density at radius 1 is 1.05 bits per heavy atom. The van der Waals surface area contributed by atoms with Crippen LogP contribution < -0.4 is 20.5 Å². The van der Waals surface area contributed by atoms with Crippen molar-refractivity contribution in [2.75, 3.05) is 19.0 Å². The largest absolute Gasteiger partial charge is 0.493 e. The number of nitrogens with zero attached hydrogens (tertiary/aromatic N) is 2. The van der Waals surface area contributed by atoms with E-state index in [0.29, 0.717) is 29.8 Å². The minimum Gasteiger partial charge on any atom is -0.493 e. The summed E-state index contributed by atoms with van der Waals surface area (Å²) in [4.78, 5) is 21.0. The minimum atomic E-state index is -0.176. The van der Waals surface area contributed by atoms with Gasteiger partial charge in [-0.1, -0.05) is 61.2 Å². The Labute approximate surface area is 235 Å². The van der Waals surface area contributed by atoms with E-state index in [9.17, 15) is 4.79 Å². The molecule has 1 aromatic heterocycles. The first-order chi connectivity index (χ1) is 18.2. The summed E-state index contributed by atoms with van der Waals surface area (Å²) in [7, 11) is 1.65. The second kappa shape index (κ2) is 14.3. The van der Waals surface area contributed by atoms with E-state index < -0.39 is 0 Å². The van der Waals surface area contributed by atoms with Gasteiger partial charge in [-0.3, -0.25) is 4.79 Å². The van der Waals surface area contributed by atoms with Crippen molar-refractivity contribution in [3.05, 3.63) is 52.3 Å². The number of aromatic nitrogens is 2. The number of primary amides is 1. The molecule has 0 saturated heterocycles. The van der Waals surface area contributed by atoms with Gasteiger partial charge in [0.2, 0.25) is 5.91 Å². The quantitative estimate of drug-likeness (QED) is 0.181. The van der Waals surface area contributed by atoms with Gasteiger partial charge in [-0.15, -0.1) is 0 Å². The highest BCUT2D eigenvalue weighted by Crippen LogP contribution is 2.35. The van der Waals surface area contributed by atoms with Crippen LogP contribution in [0.2, 0.25) is 0 Å². The van der Waals surface area contributed by atoms with E-state index >= 15 is 0 Å². The molecule has 0 aliphatic rings. The number of nitrogens with one attached hydrogen (secondary N) is 1. The lowest BCUT2D eigenvalue weighted by molar-refractivity contribution is -0.122. The summed E-state index contributed by atoms with van der Waals surface area (Å²) in [6, 6.07) is 12.2. The summed E-state index contributed by atoms with van der Waals surface area (Å²) < 4.78 is 12.8. The number of benzene rings is 2. The van der Waals surface area contributed by atoms with E-state index in [1.807, 2.05) is 31.2 Å². The maximum absolute atomic E-state index is 11.7. The first-order valence-electron chi connectivity index (χ1n) is 13.5. The van der Waals surface area contributed by atoms with Crippen molar-refractivity contribution >= 4 is 38.6 Å². The average Bonchev–Trinajstić information content (AvgIpc) is 2.86. The zero-order chi connectivity index (χ0) is 27.7. The molecule has 0 bridgehead atoms. The van der Waals surface area contributed by atoms with Crippen molar-refractivity contribution in [2.45, 2.75) is 72.3 Å². The lowest BCUT2D eigenvalue weighted by atomic mass is 9.91. The van der Waals surface area contributed by atoms with Gasteiger partial charge in [-0.05, 0) is 62.8 Å². The number of carbonyl (C=O) groups excluding carboxylic acids is 1. The lowest BCUT2D eigenvalue weighted by Gasteiger charge is -2.18. The van der Waals surface area contributed by atoms with Crippen LogP contribution in [-0.4, -0.2) is 29.6 Å². The molecule has 2 atom stereocenters. The van der Waals surface area contributed by atoms with Gasteiger partial charge in [0.25, 0.3) is 0 Å². The highest BCUT2D eigenvalue weighted by molar-refractivity contribution is 9.10. The fourth-order valence-corrected chi connectivity index (χ4v) is 5.09. The van der Waals surface area contributed by atoms with Gasteiger partial charge in [-0.25, -0.2) is 9.97 Å². The molecule has 0 saturated carbocycles. The highest BCUT2D eigenvalue weighted by Gasteiger charge is 2.17. The van der Waals surface area contributed by atoms with Crippen molar-refractivity contribution < 1.29 is 14.3 Å². The molecule has 0 aliphatic carbocycles. The molecule has 3 N–H and O–H groups in total. The number of hydrogen-bond donors (Lipinski definition) is 2. The highest BCUT2D eigenvalue weighted by atomic mass is 79.9. The number of methoxy groups -OCH3 is 1. The van der Waals surface area contributed by atoms with Crippen LogP contribution in [0.4, 0.5) is 5.82 Å². The standard InChI is InChI=1S/C30H41BrN4O3/c1-19(2)15-23(29(32)36)11-8-6-7-9-14-38-28-18-26-25(17-27(28)37-5)30(35-21(4)34-26)33-20(3)22-12-10-13-24(31)16-22/h10,12-13,16-20,23H,6-9,11,14-15H2,1-5H3,(H2,32,36)(H,33,34,35)/t20-,23?/m1/s1. The van der Waals surface area contributed by atoms with Gasteiger partial charge in [0, 0.05) is 21.8 Å². The number of amides is 1. The van der Waals surface area contributed by atoms with Crippen molar-refractivity contribution in [3.8, 4) is 11.5 Å². The van der Waals surface area contributed by atoms with Crippen LogP contribution in [0, 0.1) is 18.8 Å². The summed E-state index contributed by atoms with van der Waals surface area (Å²) in [5.74, 6) is 3.06. The molecular weight excluding hydrogens is 544 g/mol. The van der Waals surface area contributed by atoms with Crippen LogP contribution in [-0.2, 0) is 4.79 Å². The molecule has 1 heterocycles. The van der Waals surface area contributed by atoms with Gasteiger partial charge >= 0.3 is 0 Å². The Balaban J connectivity index is 1.61. The molecule has 0 aliphatic heterocycles. The molecule has 8 heteroatoms. The van der Waals surface area contributed by atoms with Gasteiger partial charge in [0.15, 0.2) is 11.5 Å². The number of anilines is 1. The Kier molecular flexibility index (Phi) is 11.2. The van der Waals surface area contributed by atoms with E-state index in [1.165, 1.54) is 0 Å². The first-order valence-corrected chi connectivity index (χ1v) is 14.3. The third-order valence-corrected chi connectivity index (χ3v) is 7.15. The molecule has 1 unspecified atom stereocenters. The van der Waals surface area contributed by atoms with Crippen LogP contribution in [0.15, 0.2) is 40.9 Å². The summed E-state index contributed by atoms with van der Waals surface area (Å²) in [6.45, 7) is 8.84. The molecule has 7 nitrogen and oxygen atoms in total. The number of nitrogens with two attached hydrogens (primary N) is 1. The molecular formula is C30H41BrN4O3. The maximum atomic E-state index is 11.7. The predicted octanol–water partition coefficient (Wildman–Crippen LogP) is 7.36. The van der Waals surface area contributed by atoms with Crippen molar-refractivity contribution in [1.82, 2.24) is 9.97 Å². The summed E-state index contributed by atoms with van der Waals surface area (Å²) in [6.07, 6.45) is 5.74. The van der Waals surface area contributed by atoms with Gasteiger partial charge in [0.1, 0.15) is 11.6 Å². The number of rotatable bonds is 15. The van der Waals surface area contributed by atoms with Crippen molar-refractivity contribution in [2.24, 2.45) is 17.6 Å². The molecule has 1 amide bonds. The number of unbranched alkanes of at least 4 members (excludes halogenated alkanes) is 3. The number of hydrogen-bond acceptors (Lipinski definition) is 6. The van der Waals surface area contributed by atoms with Crippen LogP contribution in [0.5, 0.6) is 11.5 Å². The molecule has 38 heavy (non-hydrogen) atoms. The van der Waals surface area contributed by atoms with E-state index in [0.717, 1.165) is 65.3 Å². The van der Waals surface area contributed by atoms with Gasteiger partial charge < -0.3 is 20.5 Å². The van der Waals surface area contributed by atoms with E-state index in [4.69, 9.17) is 15.2 Å². The van der Waals surface area contributed by atoms with Crippen LogP contribution in [0.3, 0.4) is 0 Å². The molecule has 0 fully saturated rings. The molecule has 3 aromatic rings. The van der Waals surface area contributed by atoms with E-state index in [1.54, 1.807) is 7.11 Å². The van der Waals surface area contributed by atoms with Crippen molar-refractivity contribution in [1.29, 1.82) is 0 Å². The summed E-state index contributed by atoms with van der Waals surface area (Å²) >= 11 is 3.55. The lowest BCUT2D eigenvalue weighted by Crippen LogP contribution is -2.24. The fourth-order valence-electron chi connectivity index (χ4n) is 4.67. The second-order valence-corrected chi connectivity index (χ2v) is 11.3. The monoisotopic (exact) mass is 584 g/mol. The van der Waals surface area contributed by atoms with Crippen LogP contribution in [0.25, 0.3) is 10.9 Å². The minimum absolute atomic E-state index is 0.0181. The van der Waals surface area contributed by atoms with Crippen LogP contribution >= 0.6 is 15.9 Å². The maximum Gasteiger partial charge on any atom is 0.220 e. The van der Waals surface area contributed by atoms with Crippen LogP contribution in [0.1, 0.15) is 76.7 Å². The van der Waals surface area contributed by atoms with E-state index in [2.05, 4.69) is 64.1 Å². The van der Waals surface area contributed by atoms with Crippen molar-refractivity contribution in [3.63, 3.8) is 0 Å². The molecule has 0 spiro atoms. The molecule has 0 radical (unpaired) electrons. The number of fused-ring (bicyclic) bond motifs is 1. The molecule has 3 rings (SSSR count). The average molecular weight is 586 g/mol. The summed E-state index contributed by atoms with van der Waals surface area (Å²) in [5.41, 5.74) is 7.53. The zero-order valence-corrected chi connectivity index (χ0v) is 24.8. The van der Waals surface area contributed by atoms with E-state index in [-0.39, 0.29) is 17.9 Å². The molecule has 206 valence electrons. The first kappa shape index (κ1) is 29.7. The Hall–Kier alpha value is -2.87. The third kappa shape index (κ3) is 8.58. The number of ether oxygens (including phenoxy) is 2. The molecule has 2 aromatic carbocycles. The number of carbonyl (C=O) groups is 1. The van der Waals surface area contributed by atoms with Gasteiger partial charge in [-0.2, -0.15) is 0 Å². The van der Waals surface area contributed by atoms with Gasteiger partial charge in [0.05, 0.1) is 25.3 Å². The topological polar surface area (TPSA) is 99.4 Å². The SMILES string of the molecule is COc1cc2c(N[C@H](C)c3cccc(Br)c3)nc(C)nc2cc1OCCCCCCC(CC(C)C)C(N)=O. The Bertz CT molecular complexity index is 1220. The Morgan fingerprint density at radius 2 is 1.82 bits per heavy atom. The zero-order valence-electron chi connectivity index (χ0n) is 23.2. The predicted molar refractivity (Wildman–Crippen MR) is 158 cm³/mol. The Morgan fingerprint density at radius 3 is 2.50 bits per heavy atom. The normalized spacial score (nSPS) is 12.9. The fraction of sp³-hybridized carbons (Fsp3) is 0.500. The number of aryl methyl sites for hydroxylation is 1.